The van der Waals surface area contributed by atoms with E-state index in [0.717, 1.165) is 6.07 Å². The zero-order chi connectivity index (χ0) is 28.1. The van der Waals surface area contributed by atoms with Gasteiger partial charge in [-0.3, -0.25) is 0 Å². The molecule has 7 N–H and O–H groups in total. The zero-order valence-corrected chi connectivity index (χ0v) is 22.8. The van der Waals surface area contributed by atoms with Crippen LogP contribution in [-0.2, 0) is 6.18 Å². The summed E-state index contributed by atoms with van der Waals surface area (Å²) in [4.78, 5) is 0. The number of aliphatic hydroxyl groups is 2. The SMILES string of the molecule is CC(C)(C)NCC(O)c1cc(Cl)c(N)c(C(F)(F)F)c1.CC(C)(C)NC[C@H](O)c1ccc(O)cc1Cl. The lowest BCUT2D eigenvalue weighted by Crippen LogP contribution is -2.38. The largest absolute Gasteiger partial charge is 0.508 e. The molecule has 0 saturated heterocycles. The van der Waals surface area contributed by atoms with Crippen LogP contribution < -0.4 is 16.4 Å². The van der Waals surface area contributed by atoms with Crippen molar-refractivity contribution in [2.75, 3.05) is 18.8 Å². The van der Waals surface area contributed by atoms with Crippen molar-refractivity contribution in [3.05, 3.63) is 57.1 Å². The highest BCUT2D eigenvalue weighted by molar-refractivity contribution is 6.33. The molecular formula is C25H36Cl2F3N3O3. The van der Waals surface area contributed by atoms with Gasteiger partial charge in [-0.15, -0.1) is 0 Å². The Kier molecular flexibility index (Phi) is 11.4. The van der Waals surface area contributed by atoms with E-state index in [1.807, 2.05) is 41.5 Å². The molecule has 36 heavy (non-hydrogen) atoms. The Bertz CT molecular complexity index is 1010. The number of nitrogen functional groups attached to an aromatic ring is 1. The van der Waals surface area contributed by atoms with Gasteiger partial charge in [-0.05, 0) is 71.4 Å². The van der Waals surface area contributed by atoms with Crippen LogP contribution in [0.4, 0.5) is 18.9 Å². The third-order valence-corrected chi connectivity index (χ3v) is 5.48. The predicted octanol–water partition coefficient (Wildman–Crippen LogP) is 5.83. The maximum absolute atomic E-state index is 12.8. The number of halogens is 5. The topological polar surface area (TPSA) is 111 Å². The van der Waals surface area contributed by atoms with Gasteiger partial charge in [-0.1, -0.05) is 29.3 Å². The molecule has 2 aromatic rings. The molecule has 0 heterocycles. The molecule has 0 aliphatic carbocycles. The van der Waals surface area contributed by atoms with Crippen LogP contribution in [0.25, 0.3) is 0 Å². The number of hydrogen-bond donors (Lipinski definition) is 6. The van der Waals surface area contributed by atoms with Gasteiger partial charge in [0.25, 0.3) is 0 Å². The number of nitrogens with two attached hydrogens (primary N) is 1. The minimum atomic E-state index is -4.61. The summed E-state index contributed by atoms with van der Waals surface area (Å²) in [6, 6.07) is 6.66. The molecule has 0 amide bonds. The maximum Gasteiger partial charge on any atom is 0.418 e. The second-order valence-corrected chi connectivity index (χ2v) is 11.3. The number of aliphatic hydroxyl groups excluding tert-OH is 2. The number of rotatable bonds is 6. The number of phenols is 1. The average molecular weight is 554 g/mol. The molecule has 0 radical (unpaired) electrons. The Morgan fingerprint density at radius 2 is 1.33 bits per heavy atom. The first kappa shape index (κ1) is 32.3. The molecular weight excluding hydrogens is 518 g/mol. The fourth-order valence-corrected chi connectivity index (χ4v) is 3.41. The first-order valence-corrected chi connectivity index (χ1v) is 12.0. The van der Waals surface area contributed by atoms with Crippen LogP contribution in [0.1, 0.15) is 70.4 Å². The molecule has 2 atom stereocenters. The van der Waals surface area contributed by atoms with Crippen LogP contribution in [0.2, 0.25) is 10.0 Å². The molecule has 0 spiro atoms. The third-order valence-electron chi connectivity index (χ3n) is 4.84. The number of alkyl halides is 3. The van der Waals surface area contributed by atoms with Crippen molar-refractivity contribution in [2.45, 2.75) is 71.0 Å². The number of hydrogen-bond acceptors (Lipinski definition) is 6. The van der Waals surface area contributed by atoms with Crippen LogP contribution >= 0.6 is 23.2 Å². The number of benzene rings is 2. The maximum atomic E-state index is 12.8. The molecule has 0 saturated carbocycles. The second kappa shape index (κ2) is 12.7. The van der Waals surface area contributed by atoms with Crippen molar-refractivity contribution in [1.29, 1.82) is 0 Å². The summed E-state index contributed by atoms with van der Waals surface area (Å²) in [5, 5.41) is 35.4. The Morgan fingerprint density at radius 3 is 1.78 bits per heavy atom. The quantitative estimate of drug-likeness (QED) is 0.251. The Labute approximate surface area is 220 Å². The molecule has 11 heteroatoms. The van der Waals surface area contributed by atoms with E-state index in [4.69, 9.17) is 28.9 Å². The fourth-order valence-electron chi connectivity index (χ4n) is 2.89. The summed E-state index contributed by atoms with van der Waals surface area (Å²) in [7, 11) is 0. The number of phenolic OH excluding ortho intramolecular Hbond substituents is 1. The molecule has 0 fully saturated rings. The zero-order valence-electron chi connectivity index (χ0n) is 21.3. The van der Waals surface area contributed by atoms with E-state index in [9.17, 15) is 28.5 Å². The number of aromatic hydroxyl groups is 1. The highest BCUT2D eigenvalue weighted by atomic mass is 35.5. The predicted molar refractivity (Wildman–Crippen MR) is 139 cm³/mol. The monoisotopic (exact) mass is 553 g/mol. The van der Waals surface area contributed by atoms with Gasteiger partial charge < -0.3 is 31.7 Å². The number of anilines is 1. The van der Waals surface area contributed by atoms with E-state index in [0.29, 0.717) is 17.1 Å². The van der Waals surface area contributed by atoms with E-state index in [1.165, 1.54) is 18.2 Å². The van der Waals surface area contributed by atoms with Crippen molar-refractivity contribution in [3.63, 3.8) is 0 Å². The summed E-state index contributed by atoms with van der Waals surface area (Å²) in [5.41, 5.74) is 4.16. The molecule has 0 bridgehead atoms. The van der Waals surface area contributed by atoms with Crippen molar-refractivity contribution in [3.8, 4) is 5.75 Å². The summed E-state index contributed by atoms with van der Waals surface area (Å²) in [6.07, 6.45) is -6.39. The molecule has 6 nitrogen and oxygen atoms in total. The highest BCUT2D eigenvalue weighted by Crippen LogP contribution is 2.39. The minimum absolute atomic E-state index is 0.0512. The summed E-state index contributed by atoms with van der Waals surface area (Å²) in [6.45, 7) is 12.3. The first-order valence-electron chi connectivity index (χ1n) is 11.2. The van der Waals surface area contributed by atoms with Gasteiger partial charge in [-0.2, -0.15) is 13.2 Å². The van der Waals surface area contributed by atoms with Gasteiger partial charge in [0, 0.05) is 29.7 Å². The normalized spacial score (nSPS) is 14.1. The van der Waals surface area contributed by atoms with Crippen molar-refractivity contribution < 1.29 is 28.5 Å². The van der Waals surface area contributed by atoms with Crippen LogP contribution in [0.15, 0.2) is 30.3 Å². The van der Waals surface area contributed by atoms with E-state index in [2.05, 4.69) is 10.6 Å². The molecule has 2 rings (SSSR count). The Morgan fingerprint density at radius 1 is 0.833 bits per heavy atom. The Balaban J connectivity index is 0.000000369. The van der Waals surface area contributed by atoms with Crippen LogP contribution in [-0.4, -0.2) is 39.5 Å². The van der Waals surface area contributed by atoms with E-state index < -0.39 is 29.6 Å². The molecule has 0 aromatic heterocycles. The first-order chi connectivity index (χ1) is 16.2. The highest BCUT2D eigenvalue weighted by Gasteiger charge is 2.34. The van der Waals surface area contributed by atoms with Crippen LogP contribution in [0.5, 0.6) is 5.75 Å². The lowest BCUT2D eigenvalue weighted by molar-refractivity contribution is -0.137. The molecule has 0 aliphatic heterocycles. The molecule has 204 valence electrons. The lowest BCUT2D eigenvalue weighted by Gasteiger charge is -2.23. The Hall–Kier alpha value is -1.75. The number of β-amino-alcohol motifs (C(OH)–C–C–N with tert-alkyl or cyclic N) is 2. The fraction of sp³-hybridized carbons (Fsp3) is 0.520. The van der Waals surface area contributed by atoms with Crippen LogP contribution in [0, 0.1) is 0 Å². The van der Waals surface area contributed by atoms with Gasteiger partial charge in [0.15, 0.2) is 0 Å². The van der Waals surface area contributed by atoms with Crippen LogP contribution in [0.3, 0.4) is 0 Å². The van der Waals surface area contributed by atoms with Gasteiger partial charge >= 0.3 is 6.18 Å². The van der Waals surface area contributed by atoms with E-state index in [-0.39, 0.29) is 34.0 Å². The second-order valence-electron chi connectivity index (χ2n) is 10.5. The number of nitrogens with one attached hydrogen (secondary N) is 2. The standard InChI is InChI=1S/C13H18ClF3N2O.C12H18ClNO2/c1-12(2,3)19-6-10(20)7-4-8(13(15,16)17)11(18)9(14)5-7;1-12(2,3)14-7-11(16)9-5-4-8(15)6-10(9)13/h4-5,10,19-20H,6,18H2,1-3H3;4-6,11,14-16H,7H2,1-3H3/t;11-/m.0/s1. The van der Waals surface area contributed by atoms with Gasteiger partial charge in [-0.25, -0.2) is 0 Å². The van der Waals surface area contributed by atoms with Crippen molar-refractivity contribution in [1.82, 2.24) is 10.6 Å². The lowest BCUT2D eigenvalue weighted by atomic mass is 10.0. The van der Waals surface area contributed by atoms with E-state index >= 15 is 0 Å². The third kappa shape index (κ3) is 11.1. The van der Waals surface area contributed by atoms with Gasteiger partial charge in [0.05, 0.1) is 33.5 Å². The van der Waals surface area contributed by atoms with Crippen molar-refractivity contribution >= 4 is 28.9 Å². The molecule has 1 unspecified atom stereocenters. The van der Waals surface area contributed by atoms with Gasteiger partial charge in [0.2, 0.25) is 0 Å². The summed E-state index contributed by atoms with van der Waals surface area (Å²) < 4.78 is 38.4. The summed E-state index contributed by atoms with van der Waals surface area (Å²) in [5.74, 6) is 0.102. The van der Waals surface area contributed by atoms with Crippen molar-refractivity contribution in [2.24, 2.45) is 0 Å². The molecule has 0 aliphatic rings. The summed E-state index contributed by atoms with van der Waals surface area (Å²) >= 11 is 11.6. The smallest absolute Gasteiger partial charge is 0.418 e. The molecule has 2 aromatic carbocycles. The van der Waals surface area contributed by atoms with E-state index in [1.54, 1.807) is 6.07 Å². The van der Waals surface area contributed by atoms with Gasteiger partial charge in [0.1, 0.15) is 5.75 Å². The average Bonchev–Trinajstić information content (AvgIpc) is 2.70. The minimum Gasteiger partial charge on any atom is -0.508 e.